The van der Waals surface area contributed by atoms with Crippen molar-refractivity contribution in [2.45, 2.75) is 25.2 Å². The summed E-state index contributed by atoms with van der Waals surface area (Å²) in [5.74, 6) is -0.434. The molecule has 22 heavy (non-hydrogen) atoms. The summed E-state index contributed by atoms with van der Waals surface area (Å²) in [6.45, 7) is 4.68. The van der Waals surface area contributed by atoms with Crippen molar-refractivity contribution in [2.24, 2.45) is 11.3 Å². The largest absolute Gasteiger partial charge is 0.481 e. The third-order valence-electron chi connectivity index (χ3n) is 4.34. The third kappa shape index (κ3) is 3.66. The van der Waals surface area contributed by atoms with Crippen molar-refractivity contribution in [1.29, 1.82) is 0 Å². The molecule has 1 aromatic rings. The Morgan fingerprint density at radius 2 is 2.18 bits per heavy atom. The van der Waals surface area contributed by atoms with Gasteiger partial charge in [0.2, 0.25) is 5.91 Å². The molecule has 1 heterocycles. The van der Waals surface area contributed by atoms with Crippen LogP contribution >= 0.6 is 27.7 Å². The van der Waals surface area contributed by atoms with E-state index in [0.717, 1.165) is 9.37 Å². The lowest BCUT2D eigenvalue weighted by molar-refractivity contribution is -0.151. The number of carboxylic acid groups (broad SMARTS) is 1. The van der Waals surface area contributed by atoms with Gasteiger partial charge in [0, 0.05) is 22.5 Å². The summed E-state index contributed by atoms with van der Waals surface area (Å²) in [5.41, 5.74) is -0.796. The molecule has 0 bridgehead atoms. The van der Waals surface area contributed by atoms with Crippen LogP contribution in [0, 0.1) is 11.3 Å². The zero-order valence-corrected chi connectivity index (χ0v) is 15.1. The van der Waals surface area contributed by atoms with E-state index in [1.165, 1.54) is 11.8 Å². The van der Waals surface area contributed by atoms with E-state index in [1.807, 2.05) is 38.1 Å². The third-order valence-corrected chi connectivity index (χ3v) is 5.81. The number of carboxylic acids is 1. The Balaban J connectivity index is 1.96. The molecule has 1 saturated heterocycles. The predicted molar refractivity (Wildman–Crippen MR) is 91.0 cm³/mol. The Hall–Kier alpha value is -1.01. The number of aliphatic carboxylic acids is 1. The van der Waals surface area contributed by atoms with Crippen molar-refractivity contribution in [1.82, 2.24) is 4.90 Å². The minimum Gasteiger partial charge on any atom is -0.481 e. The van der Waals surface area contributed by atoms with Crippen molar-refractivity contribution in [3.63, 3.8) is 0 Å². The number of hydrogen-bond donors (Lipinski definition) is 1. The van der Waals surface area contributed by atoms with Crippen LogP contribution in [-0.2, 0) is 9.59 Å². The summed E-state index contributed by atoms with van der Waals surface area (Å²) >= 11 is 4.89. The Kier molecular flexibility index (Phi) is 5.55. The lowest BCUT2D eigenvalue weighted by atomic mass is 9.76. The van der Waals surface area contributed by atoms with Crippen LogP contribution < -0.4 is 0 Å². The maximum Gasteiger partial charge on any atom is 0.311 e. The average molecular weight is 386 g/mol. The highest BCUT2D eigenvalue weighted by Crippen LogP contribution is 2.38. The summed E-state index contributed by atoms with van der Waals surface area (Å²) in [6.07, 6.45) is 0.535. The fourth-order valence-electron chi connectivity index (χ4n) is 2.73. The standard InChI is InChI=1S/C16H20BrNO3S/c1-11(2)16(15(20)21)6-7-18(10-16)14(19)9-22-13-5-3-4-12(17)8-13/h3-5,8,11H,6-7,9-10H2,1-2H3,(H,20,21). The van der Waals surface area contributed by atoms with Crippen LogP contribution in [0.2, 0.25) is 0 Å². The molecular formula is C16H20BrNO3S. The molecule has 1 aromatic carbocycles. The molecule has 0 radical (unpaired) electrons. The van der Waals surface area contributed by atoms with Crippen LogP contribution in [0.4, 0.5) is 0 Å². The summed E-state index contributed by atoms with van der Waals surface area (Å²) in [5, 5.41) is 9.52. The van der Waals surface area contributed by atoms with Gasteiger partial charge in [-0.05, 0) is 30.5 Å². The monoisotopic (exact) mass is 385 g/mol. The molecule has 0 spiro atoms. The number of likely N-dealkylation sites (tertiary alicyclic amines) is 1. The number of benzene rings is 1. The van der Waals surface area contributed by atoms with Gasteiger partial charge in [-0.3, -0.25) is 9.59 Å². The average Bonchev–Trinajstić information content (AvgIpc) is 2.91. The quantitative estimate of drug-likeness (QED) is 0.787. The summed E-state index contributed by atoms with van der Waals surface area (Å²) in [7, 11) is 0. The van der Waals surface area contributed by atoms with Gasteiger partial charge in [0.25, 0.3) is 0 Å². The van der Waals surface area contributed by atoms with Gasteiger partial charge in [0.1, 0.15) is 0 Å². The highest BCUT2D eigenvalue weighted by Gasteiger charge is 2.48. The first-order valence-electron chi connectivity index (χ1n) is 7.25. The normalized spacial score (nSPS) is 21.4. The van der Waals surface area contributed by atoms with Crippen LogP contribution in [0.25, 0.3) is 0 Å². The summed E-state index contributed by atoms with van der Waals surface area (Å²) < 4.78 is 0.982. The molecule has 6 heteroatoms. The number of carbonyl (C=O) groups excluding carboxylic acids is 1. The molecule has 120 valence electrons. The van der Waals surface area contributed by atoms with Crippen molar-refractivity contribution in [3.05, 3.63) is 28.7 Å². The molecule has 1 N–H and O–H groups in total. The number of thioether (sulfide) groups is 1. The van der Waals surface area contributed by atoms with Gasteiger partial charge in [-0.2, -0.15) is 0 Å². The van der Waals surface area contributed by atoms with E-state index >= 15 is 0 Å². The molecule has 4 nitrogen and oxygen atoms in total. The molecule has 1 aliphatic rings. The van der Waals surface area contributed by atoms with E-state index in [0.29, 0.717) is 25.3 Å². The van der Waals surface area contributed by atoms with Crippen LogP contribution in [0.15, 0.2) is 33.6 Å². The predicted octanol–water partition coefficient (Wildman–Crippen LogP) is 3.50. The van der Waals surface area contributed by atoms with Crippen molar-refractivity contribution >= 4 is 39.6 Å². The minimum absolute atomic E-state index is 0.00810. The van der Waals surface area contributed by atoms with Gasteiger partial charge in [0.05, 0.1) is 11.2 Å². The minimum atomic E-state index is -0.796. The Bertz CT molecular complexity index is 578. The van der Waals surface area contributed by atoms with Crippen LogP contribution in [0.3, 0.4) is 0 Å². The fourth-order valence-corrected chi connectivity index (χ4v) is 4.14. The lowest BCUT2D eigenvalue weighted by Gasteiger charge is -2.28. The van der Waals surface area contributed by atoms with Gasteiger partial charge in [0.15, 0.2) is 0 Å². The van der Waals surface area contributed by atoms with E-state index in [-0.39, 0.29) is 11.8 Å². The summed E-state index contributed by atoms with van der Waals surface area (Å²) in [4.78, 5) is 26.7. The number of hydrogen-bond acceptors (Lipinski definition) is 3. The first kappa shape index (κ1) is 17.3. The molecule has 1 unspecified atom stereocenters. The number of amides is 1. The number of nitrogens with zero attached hydrogens (tertiary/aromatic N) is 1. The Morgan fingerprint density at radius 3 is 2.73 bits per heavy atom. The first-order valence-corrected chi connectivity index (χ1v) is 9.02. The Labute approximate surface area is 143 Å². The van der Waals surface area contributed by atoms with E-state index in [9.17, 15) is 14.7 Å². The maximum atomic E-state index is 12.3. The van der Waals surface area contributed by atoms with Gasteiger partial charge >= 0.3 is 5.97 Å². The van der Waals surface area contributed by atoms with Crippen molar-refractivity contribution in [3.8, 4) is 0 Å². The van der Waals surface area contributed by atoms with Crippen LogP contribution in [0.1, 0.15) is 20.3 Å². The van der Waals surface area contributed by atoms with Gasteiger partial charge in [-0.1, -0.05) is 35.8 Å². The maximum absolute atomic E-state index is 12.3. The van der Waals surface area contributed by atoms with E-state index < -0.39 is 11.4 Å². The molecule has 0 aromatic heterocycles. The number of halogens is 1. The second-order valence-electron chi connectivity index (χ2n) is 5.93. The Morgan fingerprint density at radius 1 is 1.45 bits per heavy atom. The highest BCUT2D eigenvalue weighted by atomic mass is 79.9. The number of rotatable bonds is 5. The van der Waals surface area contributed by atoms with Gasteiger partial charge < -0.3 is 10.0 Å². The molecule has 1 atom stereocenters. The lowest BCUT2D eigenvalue weighted by Crippen LogP contribution is -2.41. The van der Waals surface area contributed by atoms with E-state index in [4.69, 9.17) is 0 Å². The molecule has 1 fully saturated rings. The molecule has 0 saturated carbocycles. The SMILES string of the molecule is CC(C)C1(C(=O)O)CCN(C(=O)CSc2cccc(Br)c2)C1. The molecule has 1 aliphatic heterocycles. The van der Waals surface area contributed by atoms with Crippen LogP contribution in [0.5, 0.6) is 0 Å². The second kappa shape index (κ2) is 7.04. The smallest absolute Gasteiger partial charge is 0.311 e. The van der Waals surface area contributed by atoms with Crippen molar-refractivity contribution < 1.29 is 14.7 Å². The summed E-state index contributed by atoms with van der Waals surface area (Å²) in [6, 6.07) is 7.80. The highest BCUT2D eigenvalue weighted by molar-refractivity contribution is 9.10. The zero-order chi connectivity index (χ0) is 16.3. The van der Waals surface area contributed by atoms with Gasteiger partial charge in [-0.25, -0.2) is 0 Å². The molecule has 2 rings (SSSR count). The first-order chi connectivity index (χ1) is 10.3. The van der Waals surface area contributed by atoms with Crippen LogP contribution in [-0.4, -0.2) is 40.7 Å². The van der Waals surface area contributed by atoms with Crippen molar-refractivity contribution in [2.75, 3.05) is 18.8 Å². The topological polar surface area (TPSA) is 57.6 Å². The second-order valence-corrected chi connectivity index (χ2v) is 7.89. The van der Waals surface area contributed by atoms with E-state index in [2.05, 4.69) is 15.9 Å². The number of carbonyl (C=O) groups is 2. The fraction of sp³-hybridized carbons (Fsp3) is 0.500. The molecular weight excluding hydrogens is 366 g/mol. The molecule has 1 amide bonds. The zero-order valence-electron chi connectivity index (χ0n) is 12.7. The molecule has 0 aliphatic carbocycles. The van der Waals surface area contributed by atoms with Gasteiger partial charge in [-0.15, -0.1) is 11.8 Å². The van der Waals surface area contributed by atoms with E-state index in [1.54, 1.807) is 4.90 Å².